The second-order valence-electron chi connectivity index (χ2n) is 3.91. The first kappa shape index (κ1) is 11.8. The van der Waals surface area contributed by atoms with Crippen molar-refractivity contribution in [3.63, 3.8) is 0 Å². The van der Waals surface area contributed by atoms with E-state index in [9.17, 15) is 4.39 Å². The molecule has 0 bridgehead atoms. The molecule has 1 aromatic carbocycles. The van der Waals surface area contributed by atoms with Gasteiger partial charge in [-0.05, 0) is 24.3 Å². The third-order valence-corrected chi connectivity index (χ3v) is 3.02. The Hall–Kier alpha value is -2.27. The molecule has 19 heavy (non-hydrogen) atoms. The van der Waals surface area contributed by atoms with Crippen LogP contribution in [0.5, 0.6) is 0 Å². The van der Waals surface area contributed by atoms with Gasteiger partial charge >= 0.3 is 0 Å². The number of benzene rings is 1. The summed E-state index contributed by atoms with van der Waals surface area (Å²) in [5, 5.41) is 3.96. The highest BCUT2D eigenvalue weighted by molar-refractivity contribution is 6.33. The SMILES string of the molecule is Nc1noc(-c2ccoc2)c1-c1ccc(F)cc1Cl. The third kappa shape index (κ3) is 1.98. The van der Waals surface area contributed by atoms with Crippen LogP contribution < -0.4 is 5.73 Å². The average Bonchev–Trinajstić information content (AvgIpc) is 2.99. The molecule has 96 valence electrons. The molecule has 3 aromatic rings. The Morgan fingerprint density at radius 1 is 1.26 bits per heavy atom. The molecule has 0 unspecified atom stereocenters. The van der Waals surface area contributed by atoms with E-state index in [-0.39, 0.29) is 10.8 Å². The Labute approximate surface area is 112 Å². The zero-order chi connectivity index (χ0) is 13.4. The summed E-state index contributed by atoms with van der Waals surface area (Å²) in [6, 6.07) is 5.75. The van der Waals surface area contributed by atoms with Gasteiger partial charge in [0.2, 0.25) is 0 Å². The van der Waals surface area contributed by atoms with Gasteiger partial charge in [0.1, 0.15) is 12.1 Å². The largest absolute Gasteiger partial charge is 0.472 e. The van der Waals surface area contributed by atoms with Crippen molar-refractivity contribution in [2.45, 2.75) is 0 Å². The lowest BCUT2D eigenvalue weighted by atomic mass is 10.0. The quantitative estimate of drug-likeness (QED) is 0.770. The fourth-order valence-electron chi connectivity index (χ4n) is 1.85. The van der Waals surface area contributed by atoms with Gasteiger partial charge in [-0.15, -0.1) is 0 Å². The van der Waals surface area contributed by atoms with E-state index in [1.54, 1.807) is 6.07 Å². The molecule has 6 heteroatoms. The molecule has 0 spiro atoms. The summed E-state index contributed by atoms with van der Waals surface area (Å²) in [6.07, 6.45) is 3.00. The summed E-state index contributed by atoms with van der Waals surface area (Å²) in [5.41, 5.74) is 7.55. The van der Waals surface area contributed by atoms with Crippen molar-refractivity contribution in [3.05, 3.63) is 47.6 Å². The van der Waals surface area contributed by atoms with E-state index in [2.05, 4.69) is 5.16 Å². The molecule has 0 atom stereocenters. The molecule has 2 heterocycles. The Balaban J connectivity index is 2.22. The maximum absolute atomic E-state index is 13.1. The standard InChI is InChI=1S/C13H8ClFN2O2/c14-10-5-8(15)1-2-9(10)11-12(19-17-13(11)16)7-3-4-18-6-7/h1-6H,(H2,16,17). The lowest BCUT2D eigenvalue weighted by Gasteiger charge is -2.04. The maximum Gasteiger partial charge on any atom is 0.180 e. The van der Waals surface area contributed by atoms with Gasteiger partial charge in [0.05, 0.1) is 22.4 Å². The van der Waals surface area contributed by atoms with Crippen molar-refractivity contribution in [1.29, 1.82) is 0 Å². The number of nitrogen functional groups attached to an aromatic ring is 1. The van der Waals surface area contributed by atoms with Crippen LogP contribution in [-0.2, 0) is 0 Å². The van der Waals surface area contributed by atoms with Crippen LogP contribution in [-0.4, -0.2) is 5.16 Å². The fraction of sp³-hybridized carbons (Fsp3) is 0. The van der Waals surface area contributed by atoms with E-state index < -0.39 is 5.82 Å². The molecule has 0 fully saturated rings. The van der Waals surface area contributed by atoms with Gasteiger partial charge in [0.15, 0.2) is 11.6 Å². The first-order valence-electron chi connectivity index (χ1n) is 5.40. The van der Waals surface area contributed by atoms with Crippen molar-refractivity contribution in [2.24, 2.45) is 0 Å². The van der Waals surface area contributed by atoms with Gasteiger partial charge < -0.3 is 14.7 Å². The Morgan fingerprint density at radius 2 is 2.11 bits per heavy atom. The highest BCUT2D eigenvalue weighted by Gasteiger charge is 2.20. The van der Waals surface area contributed by atoms with Crippen molar-refractivity contribution in [2.75, 3.05) is 5.73 Å². The molecule has 0 saturated carbocycles. The highest BCUT2D eigenvalue weighted by Crippen LogP contribution is 2.40. The summed E-state index contributed by atoms with van der Waals surface area (Å²) >= 11 is 6.04. The molecule has 2 N–H and O–H groups in total. The molecule has 3 rings (SSSR count). The first-order chi connectivity index (χ1) is 9.16. The number of nitrogens with zero attached hydrogens (tertiary/aromatic N) is 1. The first-order valence-corrected chi connectivity index (χ1v) is 5.78. The van der Waals surface area contributed by atoms with E-state index in [0.29, 0.717) is 22.5 Å². The van der Waals surface area contributed by atoms with Crippen molar-refractivity contribution in [1.82, 2.24) is 5.16 Å². The van der Waals surface area contributed by atoms with Crippen molar-refractivity contribution >= 4 is 17.4 Å². The van der Waals surface area contributed by atoms with E-state index in [4.69, 9.17) is 26.3 Å². The summed E-state index contributed by atoms with van der Waals surface area (Å²) in [6.45, 7) is 0. The van der Waals surface area contributed by atoms with E-state index in [1.807, 2.05) is 0 Å². The minimum absolute atomic E-state index is 0.185. The number of hydrogen-bond acceptors (Lipinski definition) is 4. The second kappa shape index (κ2) is 4.44. The lowest BCUT2D eigenvalue weighted by molar-refractivity contribution is 0.435. The molecule has 2 aromatic heterocycles. The molecule has 0 saturated heterocycles. The van der Waals surface area contributed by atoms with E-state index in [1.165, 1.54) is 30.7 Å². The lowest BCUT2D eigenvalue weighted by Crippen LogP contribution is -1.90. The highest BCUT2D eigenvalue weighted by atomic mass is 35.5. The van der Waals surface area contributed by atoms with Crippen LogP contribution in [0, 0.1) is 5.82 Å². The topological polar surface area (TPSA) is 65.2 Å². The van der Waals surface area contributed by atoms with Crippen LogP contribution in [0.15, 0.2) is 45.7 Å². The van der Waals surface area contributed by atoms with E-state index in [0.717, 1.165) is 0 Å². The molecular formula is C13H8ClFN2O2. The van der Waals surface area contributed by atoms with Crippen LogP contribution >= 0.6 is 11.6 Å². The van der Waals surface area contributed by atoms with Crippen LogP contribution in [0.25, 0.3) is 22.5 Å². The minimum atomic E-state index is -0.423. The Bertz CT molecular complexity index is 722. The molecule has 0 aliphatic rings. The zero-order valence-electron chi connectivity index (χ0n) is 9.56. The zero-order valence-corrected chi connectivity index (χ0v) is 10.3. The van der Waals surface area contributed by atoms with Gasteiger partial charge in [-0.3, -0.25) is 0 Å². The van der Waals surface area contributed by atoms with Crippen LogP contribution in [0.1, 0.15) is 0 Å². The molecule has 0 amide bonds. The average molecular weight is 279 g/mol. The molecule has 0 aliphatic heterocycles. The number of hydrogen-bond donors (Lipinski definition) is 1. The van der Waals surface area contributed by atoms with E-state index >= 15 is 0 Å². The summed E-state index contributed by atoms with van der Waals surface area (Å²) < 4.78 is 23.3. The summed E-state index contributed by atoms with van der Waals surface area (Å²) in [5.74, 6) is 0.193. The van der Waals surface area contributed by atoms with Gasteiger partial charge in [0.25, 0.3) is 0 Å². The predicted molar refractivity (Wildman–Crippen MR) is 69.0 cm³/mol. The summed E-state index contributed by atoms with van der Waals surface area (Å²) in [7, 11) is 0. The van der Waals surface area contributed by atoms with Gasteiger partial charge in [-0.2, -0.15) is 0 Å². The van der Waals surface area contributed by atoms with Crippen molar-refractivity contribution in [3.8, 4) is 22.5 Å². The van der Waals surface area contributed by atoms with Crippen molar-refractivity contribution < 1.29 is 13.3 Å². The van der Waals surface area contributed by atoms with Gasteiger partial charge in [-0.1, -0.05) is 16.8 Å². The number of rotatable bonds is 2. The van der Waals surface area contributed by atoms with Crippen LogP contribution in [0.4, 0.5) is 10.2 Å². The van der Waals surface area contributed by atoms with Gasteiger partial charge in [-0.25, -0.2) is 4.39 Å². The van der Waals surface area contributed by atoms with Crippen LogP contribution in [0.2, 0.25) is 5.02 Å². The number of halogens is 2. The summed E-state index contributed by atoms with van der Waals surface area (Å²) in [4.78, 5) is 0. The normalized spacial score (nSPS) is 10.8. The molecule has 0 aliphatic carbocycles. The fourth-order valence-corrected chi connectivity index (χ4v) is 2.11. The Morgan fingerprint density at radius 3 is 2.79 bits per heavy atom. The molecule has 0 radical (unpaired) electrons. The van der Waals surface area contributed by atoms with Gasteiger partial charge in [0, 0.05) is 5.56 Å². The monoisotopic (exact) mass is 278 g/mol. The third-order valence-electron chi connectivity index (χ3n) is 2.70. The smallest absolute Gasteiger partial charge is 0.180 e. The van der Waals surface area contributed by atoms with Crippen LogP contribution in [0.3, 0.4) is 0 Å². The second-order valence-corrected chi connectivity index (χ2v) is 4.32. The number of nitrogens with two attached hydrogens (primary N) is 1. The molecular weight excluding hydrogens is 271 g/mol. The Kier molecular flexibility index (Phi) is 2.76. The number of aromatic nitrogens is 1. The minimum Gasteiger partial charge on any atom is -0.472 e. The predicted octanol–water partition coefficient (Wildman–Crippen LogP) is 3.98. The molecule has 4 nitrogen and oxygen atoms in total. The number of furan rings is 1. The number of anilines is 1. The maximum atomic E-state index is 13.1.